The summed E-state index contributed by atoms with van der Waals surface area (Å²) in [6.07, 6.45) is 0.913. The molecular weight excluding hydrogens is 204 g/mol. The van der Waals surface area contributed by atoms with Gasteiger partial charge in [-0.2, -0.15) is 0 Å². The molecule has 0 unspecified atom stereocenters. The molecule has 0 aliphatic rings. The second-order valence-electron chi connectivity index (χ2n) is 3.64. The predicted octanol–water partition coefficient (Wildman–Crippen LogP) is 2.62. The third kappa shape index (κ3) is 3.81. The van der Waals surface area contributed by atoms with Crippen LogP contribution in [-0.4, -0.2) is 19.2 Å². The van der Waals surface area contributed by atoms with E-state index in [0.717, 1.165) is 17.9 Å². The molecule has 0 saturated carbocycles. The lowest BCUT2D eigenvalue weighted by Gasteiger charge is -2.12. The molecule has 0 aromatic heterocycles. The minimum atomic E-state index is -0.181. The van der Waals surface area contributed by atoms with E-state index in [-0.39, 0.29) is 12.1 Å². The smallest absolute Gasteiger partial charge is 0.319 e. The van der Waals surface area contributed by atoms with Gasteiger partial charge in [-0.3, -0.25) is 0 Å². The van der Waals surface area contributed by atoms with Gasteiger partial charge in [0.2, 0.25) is 0 Å². The van der Waals surface area contributed by atoms with Crippen molar-refractivity contribution in [2.24, 2.45) is 0 Å². The fourth-order valence-corrected chi connectivity index (χ4v) is 1.17. The van der Waals surface area contributed by atoms with Gasteiger partial charge in [0.15, 0.2) is 0 Å². The maximum atomic E-state index is 11.5. The van der Waals surface area contributed by atoms with Gasteiger partial charge in [-0.25, -0.2) is 4.79 Å². The molecule has 1 aromatic rings. The molecule has 0 spiro atoms. The molecule has 1 rings (SSSR count). The Hall–Kier alpha value is -1.71. The summed E-state index contributed by atoms with van der Waals surface area (Å²) in [7, 11) is 1.61. The molecule has 0 heterocycles. The first-order valence-electron chi connectivity index (χ1n) is 5.37. The van der Waals surface area contributed by atoms with E-state index in [1.165, 1.54) is 0 Å². The third-order valence-corrected chi connectivity index (χ3v) is 2.34. The predicted molar refractivity (Wildman–Crippen MR) is 64.9 cm³/mol. The second kappa shape index (κ2) is 6.00. The van der Waals surface area contributed by atoms with Crippen molar-refractivity contribution in [3.05, 3.63) is 24.3 Å². The van der Waals surface area contributed by atoms with Crippen LogP contribution >= 0.6 is 0 Å². The van der Waals surface area contributed by atoms with E-state index in [1.807, 2.05) is 13.8 Å². The summed E-state index contributed by atoms with van der Waals surface area (Å²) in [6, 6.07) is 7.21. The molecule has 0 aliphatic carbocycles. The van der Waals surface area contributed by atoms with Gasteiger partial charge >= 0.3 is 6.03 Å². The number of carbonyl (C=O) groups excluding carboxylic acids is 1. The fourth-order valence-electron chi connectivity index (χ4n) is 1.17. The van der Waals surface area contributed by atoms with E-state index in [0.29, 0.717) is 0 Å². The summed E-state index contributed by atoms with van der Waals surface area (Å²) >= 11 is 0. The number of carbonyl (C=O) groups is 1. The van der Waals surface area contributed by atoms with Crippen molar-refractivity contribution in [3.8, 4) is 5.75 Å². The summed E-state index contributed by atoms with van der Waals surface area (Å²) in [4.78, 5) is 11.5. The summed E-state index contributed by atoms with van der Waals surface area (Å²) in [5.74, 6) is 0.771. The van der Waals surface area contributed by atoms with Gasteiger partial charge in [0.1, 0.15) is 5.75 Å². The molecule has 0 bridgehead atoms. The molecule has 1 atom stereocenters. The summed E-state index contributed by atoms with van der Waals surface area (Å²) in [5.41, 5.74) is 0.751. The highest BCUT2D eigenvalue weighted by Crippen LogP contribution is 2.14. The van der Waals surface area contributed by atoms with Crippen LogP contribution in [0.3, 0.4) is 0 Å². The molecule has 4 heteroatoms. The Morgan fingerprint density at radius 2 is 2.00 bits per heavy atom. The third-order valence-electron chi connectivity index (χ3n) is 2.34. The number of urea groups is 1. The average Bonchev–Trinajstić information content (AvgIpc) is 2.29. The molecule has 0 saturated heterocycles. The number of hydrogen-bond acceptors (Lipinski definition) is 2. The van der Waals surface area contributed by atoms with Gasteiger partial charge in [0.05, 0.1) is 7.11 Å². The largest absolute Gasteiger partial charge is 0.497 e. The van der Waals surface area contributed by atoms with Gasteiger partial charge in [-0.05, 0) is 37.6 Å². The van der Waals surface area contributed by atoms with E-state index in [1.54, 1.807) is 31.4 Å². The average molecular weight is 222 g/mol. The zero-order valence-electron chi connectivity index (χ0n) is 9.91. The van der Waals surface area contributed by atoms with Crippen molar-refractivity contribution in [3.63, 3.8) is 0 Å². The van der Waals surface area contributed by atoms with Gasteiger partial charge in [0, 0.05) is 11.7 Å². The van der Waals surface area contributed by atoms with Gasteiger partial charge in [-0.1, -0.05) is 6.92 Å². The Bertz CT molecular complexity index is 335. The maximum absolute atomic E-state index is 11.5. The van der Waals surface area contributed by atoms with Gasteiger partial charge in [-0.15, -0.1) is 0 Å². The number of amides is 2. The molecule has 0 aliphatic heterocycles. The molecule has 4 nitrogen and oxygen atoms in total. The lowest BCUT2D eigenvalue weighted by molar-refractivity contribution is 0.249. The fraction of sp³-hybridized carbons (Fsp3) is 0.417. The molecule has 2 N–H and O–H groups in total. The van der Waals surface area contributed by atoms with Crippen LogP contribution in [-0.2, 0) is 0 Å². The SMILES string of the molecule is CC[C@H](C)NC(=O)Nc1ccc(OC)cc1. The zero-order valence-corrected chi connectivity index (χ0v) is 9.91. The second-order valence-corrected chi connectivity index (χ2v) is 3.64. The van der Waals surface area contributed by atoms with Gasteiger partial charge in [0.25, 0.3) is 0 Å². The van der Waals surface area contributed by atoms with Gasteiger partial charge < -0.3 is 15.4 Å². The number of ether oxygens (including phenoxy) is 1. The quantitative estimate of drug-likeness (QED) is 0.822. The minimum Gasteiger partial charge on any atom is -0.497 e. The molecular formula is C12H18N2O2. The highest BCUT2D eigenvalue weighted by atomic mass is 16.5. The first-order chi connectivity index (χ1) is 7.65. The van der Waals surface area contributed by atoms with Crippen LogP contribution < -0.4 is 15.4 Å². The molecule has 0 fully saturated rings. The van der Waals surface area contributed by atoms with Crippen LogP contribution in [0.15, 0.2) is 24.3 Å². The molecule has 16 heavy (non-hydrogen) atoms. The van der Waals surface area contributed by atoms with Crippen molar-refractivity contribution in [2.75, 3.05) is 12.4 Å². The summed E-state index contributed by atoms with van der Waals surface area (Å²) < 4.78 is 5.03. The monoisotopic (exact) mass is 222 g/mol. The zero-order chi connectivity index (χ0) is 12.0. The standard InChI is InChI=1S/C12H18N2O2/c1-4-9(2)13-12(15)14-10-5-7-11(16-3)8-6-10/h5-9H,4H2,1-3H3,(H2,13,14,15)/t9-/m0/s1. The minimum absolute atomic E-state index is 0.179. The molecule has 2 amide bonds. The van der Waals surface area contributed by atoms with E-state index in [9.17, 15) is 4.79 Å². The van der Waals surface area contributed by atoms with Crippen LogP contribution in [0.25, 0.3) is 0 Å². The van der Waals surface area contributed by atoms with Crippen LogP contribution in [0.4, 0.5) is 10.5 Å². The Morgan fingerprint density at radius 3 is 2.50 bits per heavy atom. The van der Waals surface area contributed by atoms with Crippen LogP contribution in [0, 0.1) is 0 Å². The van der Waals surface area contributed by atoms with E-state index >= 15 is 0 Å². The Balaban J connectivity index is 2.49. The maximum Gasteiger partial charge on any atom is 0.319 e. The van der Waals surface area contributed by atoms with Crippen LogP contribution in [0.5, 0.6) is 5.75 Å². The van der Waals surface area contributed by atoms with E-state index in [4.69, 9.17) is 4.74 Å². The Kier molecular flexibility index (Phi) is 4.64. The number of anilines is 1. The highest BCUT2D eigenvalue weighted by molar-refractivity contribution is 5.89. The Labute approximate surface area is 96.0 Å². The summed E-state index contributed by atoms with van der Waals surface area (Å²) in [5, 5.41) is 5.58. The van der Waals surface area contributed by atoms with Crippen LogP contribution in [0.1, 0.15) is 20.3 Å². The van der Waals surface area contributed by atoms with Crippen LogP contribution in [0.2, 0.25) is 0 Å². The van der Waals surface area contributed by atoms with E-state index < -0.39 is 0 Å². The Morgan fingerprint density at radius 1 is 1.38 bits per heavy atom. The highest BCUT2D eigenvalue weighted by Gasteiger charge is 2.04. The molecule has 0 radical (unpaired) electrons. The van der Waals surface area contributed by atoms with Crippen molar-refractivity contribution < 1.29 is 9.53 Å². The molecule has 1 aromatic carbocycles. The first kappa shape index (κ1) is 12.4. The van der Waals surface area contributed by atoms with Crippen molar-refractivity contribution in [1.29, 1.82) is 0 Å². The lowest BCUT2D eigenvalue weighted by atomic mass is 10.3. The number of nitrogens with one attached hydrogen (secondary N) is 2. The van der Waals surface area contributed by atoms with Crippen molar-refractivity contribution >= 4 is 11.7 Å². The van der Waals surface area contributed by atoms with E-state index in [2.05, 4.69) is 10.6 Å². The normalized spacial score (nSPS) is 11.7. The number of hydrogen-bond donors (Lipinski definition) is 2. The topological polar surface area (TPSA) is 50.4 Å². The van der Waals surface area contributed by atoms with Crippen molar-refractivity contribution in [2.45, 2.75) is 26.3 Å². The first-order valence-corrected chi connectivity index (χ1v) is 5.37. The number of methoxy groups -OCH3 is 1. The number of rotatable bonds is 4. The summed E-state index contributed by atoms with van der Waals surface area (Å²) in [6.45, 7) is 3.99. The molecule has 88 valence electrons. The lowest BCUT2D eigenvalue weighted by Crippen LogP contribution is -2.35. The van der Waals surface area contributed by atoms with Crippen molar-refractivity contribution in [1.82, 2.24) is 5.32 Å². The number of benzene rings is 1.